The van der Waals surface area contributed by atoms with Gasteiger partial charge in [-0.2, -0.15) is 0 Å². The van der Waals surface area contributed by atoms with E-state index in [1.54, 1.807) is 13.0 Å². The summed E-state index contributed by atoms with van der Waals surface area (Å²) in [6, 6.07) is 1.54. The summed E-state index contributed by atoms with van der Waals surface area (Å²) in [4.78, 5) is 0.155. The zero-order valence-corrected chi connectivity index (χ0v) is 13.7. The van der Waals surface area contributed by atoms with Gasteiger partial charge in [-0.15, -0.1) is 0 Å². The molecule has 0 saturated carbocycles. The first-order valence-electron chi connectivity index (χ1n) is 6.76. The molecule has 0 aliphatic carbocycles. The summed E-state index contributed by atoms with van der Waals surface area (Å²) in [5.74, 6) is 0.964. The summed E-state index contributed by atoms with van der Waals surface area (Å²) in [5.41, 5.74) is 0. The summed E-state index contributed by atoms with van der Waals surface area (Å²) in [6.45, 7) is 5.33. The molecule has 7 nitrogen and oxygen atoms in total. The second-order valence-electron chi connectivity index (χ2n) is 4.58. The lowest BCUT2D eigenvalue weighted by Crippen LogP contribution is -2.35. The molecule has 0 fully saturated rings. The van der Waals surface area contributed by atoms with Gasteiger partial charge in [0.25, 0.3) is 0 Å². The topological polar surface area (TPSA) is 89.8 Å². The Morgan fingerprint density at radius 3 is 2.67 bits per heavy atom. The molecule has 0 amide bonds. The van der Waals surface area contributed by atoms with Crippen LogP contribution in [0.2, 0.25) is 0 Å². The van der Waals surface area contributed by atoms with Gasteiger partial charge in [0, 0.05) is 26.8 Å². The third kappa shape index (κ3) is 5.40. The Hall–Kier alpha value is -0.930. The average Bonchev–Trinajstić information content (AvgIpc) is 2.83. The van der Waals surface area contributed by atoms with E-state index in [0.29, 0.717) is 24.7 Å². The van der Waals surface area contributed by atoms with Gasteiger partial charge in [-0.3, -0.25) is 0 Å². The minimum Gasteiger partial charge on any atom is -0.464 e. The molecule has 0 aliphatic heterocycles. The highest BCUT2D eigenvalue weighted by molar-refractivity contribution is 7.89. The van der Waals surface area contributed by atoms with Crippen LogP contribution in [0.1, 0.15) is 18.4 Å². The van der Waals surface area contributed by atoms with E-state index in [4.69, 9.17) is 13.9 Å². The number of nitrogens with one attached hydrogen (secondary N) is 2. The molecule has 8 heteroatoms. The summed E-state index contributed by atoms with van der Waals surface area (Å²) < 4.78 is 42.6. The largest absolute Gasteiger partial charge is 0.464 e. The first-order valence-corrected chi connectivity index (χ1v) is 8.24. The first kappa shape index (κ1) is 18.1. The number of sulfonamides is 1. The Kier molecular flexibility index (Phi) is 7.33. The minimum atomic E-state index is -3.63. The molecule has 0 aliphatic rings. The van der Waals surface area contributed by atoms with Crippen LogP contribution in [0.15, 0.2) is 15.4 Å². The highest BCUT2D eigenvalue weighted by atomic mass is 32.2. The van der Waals surface area contributed by atoms with Gasteiger partial charge in [-0.05, 0) is 13.5 Å². The van der Waals surface area contributed by atoms with Crippen LogP contribution in [0.5, 0.6) is 0 Å². The van der Waals surface area contributed by atoms with E-state index < -0.39 is 10.0 Å². The molecule has 21 heavy (non-hydrogen) atoms. The molecule has 1 aromatic heterocycles. The van der Waals surface area contributed by atoms with E-state index in [2.05, 4.69) is 10.0 Å². The smallest absolute Gasteiger partial charge is 0.244 e. The van der Waals surface area contributed by atoms with Gasteiger partial charge in [-0.1, -0.05) is 6.92 Å². The average molecular weight is 320 g/mol. The van der Waals surface area contributed by atoms with Crippen molar-refractivity contribution >= 4 is 10.0 Å². The Balaban J connectivity index is 2.75. The Morgan fingerprint density at radius 1 is 1.38 bits per heavy atom. The van der Waals surface area contributed by atoms with Crippen molar-refractivity contribution in [1.29, 1.82) is 0 Å². The van der Waals surface area contributed by atoms with Gasteiger partial charge in [0.15, 0.2) is 0 Å². The lowest BCUT2D eigenvalue weighted by atomic mass is 10.4. The predicted octanol–water partition coefficient (Wildman–Crippen LogP) is 0.637. The van der Waals surface area contributed by atoms with E-state index in [9.17, 15) is 8.42 Å². The van der Waals surface area contributed by atoms with Gasteiger partial charge in [-0.25, -0.2) is 13.1 Å². The van der Waals surface area contributed by atoms with Crippen molar-refractivity contribution in [2.75, 3.05) is 33.9 Å². The monoisotopic (exact) mass is 320 g/mol. The Morgan fingerprint density at radius 2 is 2.10 bits per heavy atom. The molecule has 1 atom stereocenters. The van der Waals surface area contributed by atoms with E-state index in [1.165, 1.54) is 14.2 Å². The van der Waals surface area contributed by atoms with Crippen molar-refractivity contribution in [3.63, 3.8) is 0 Å². The van der Waals surface area contributed by atoms with E-state index in [0.717, 1.165) is 6.54 Å². The van der Waals surface area contributed by atoms with Crippen LogP contribution in [-0.2, 0) is 26.0 Å². The van der Waals surface area contributed by atoms with Gasteiger partial charge >= 0.3 is 0 Å². The molecular weight excluding hydrogens is 296 g/mol. The van der Waals surface area contributed by atoms with Crippen LogP contribution in [0, 0.1) is 6.92 Å². The fraction of sp³-hybridized carbons (Fsp3) is 0.692. The Labute approximate surface area is 126 Å². The maximum Gasteiger partial charge on any atom is 0.244 e. The Bertz CT molecular complexity index is 527. The van der Waals surface area contributed by atoms with E-state index in [1.807, 2.05) is 6.92 Å². The van der Waals surface area contributed by atoms with Gasteiger partial charge in [0.05, 0.1) is 19.3 Å². The van der Waals surface area contributed by atoms with Crippen molar-refractivity contribution in [3.05, 3.63) is 17.6 Å². The number of ether oxygens (including phenoxy) is 2. The minimum absolute atomic E-state index is 0.139. The highest BCUT2D eigenvalue weighted by Crippen LogP contribution is 2.19. The van der Waals surface area contributed by atoms with Crippen LogP contribution < -0.4 is 10.0 Å². The van der Waals surface area contributed by atoms with Crippen molar-refractivity contribution in [2.24, 2.45) is 0 Å². The summed E-state index contributed by atoms with van der Waals surface area (Å²) in [7, 11) is -0.581. The molecule has 1 heterocycles. The molecule has 1 aromatic rings. The summed E-state index contributed by atoms with van der Waals surface area (Å²) in [5, 5.41) is 3.09. The van der Waals surface area contributed by atoms with Gasteiger partial charge in [0.2, 0.25) is 10.0 Å². The number of hydrogen-bond donors (Lipinski definition) is 2. The van der Waals surface area contributed by atoms with Crippen molar-refractivity contribution in [3.8, 4) is 0 Å². The van der Waals surface area contributed by atoms with E-state index in [-0.39, 0.29) is 17.5 Å². The zero-order chi connectivity index (χ0) is 15.9. The summed E-state index contributed by atoms with van der Waals surface area (Å²) in [6.07, 6.45) is -0.335. The third-order valence-electron chi connectivity index (χ3n) is 2.95. The third-order valence-corrected chi connectivity index (χ3v) is 4.48. The SMILES string of the molecule is CCNCc1cc(S(=O)(=O)NCC(COC)OC)c(C)o1. The molecule has 2 N–H and O–H groups in total. The van der Waals surface area contributed by atoms with Crippen LogP contribution in [0.25, 0.3) is 0 Å². The normalized spacial score (nSPS) is 13.5. The van der Waals surface area contributed by atoms with Gasteiger partial charge in [0.1, 0.15) is 16.4 Å². The lowest BCUT2D eigenvalue weighted by molar-refractivity contribution is 0.0320. The number of furan rings is 1. The number of rotatable bonds is 10. The number of aryl methyl sites for hydroxylation is 1. The first-order chi connectivity index (χ1) is 9.94. The molecule has 0 bridgehead atoms. The predicted molar refractivity (Wildman–Crippen MR) is 78.7 cm³/mol. The maximum atomic E-state index is 12.3. The number of hydrogen-bond acceptors (Lipinski definition) is 6. The second-order valence-corrected chi connectivity index (χ2v) is 6.31. The molecule has 1 rings (SSSR count). The van der Waals surface area contributed by atoms with Crippen LogP contribution in [-0.4, -0.2) is 48.4 Å². The molecule has 0 saturated heterocycles. The molecular formula is C13H24N2O5S. The second kappa shape index (κ2) is 8.50. The molecule has 0 aromatic carbocycles. The molecule has 0 spiro atoms. The van der Waals surface area contributed by atoms with E-state index >= 15 is 0 Å². The fourth-order valence-electron chi connectivity index (χ4n) is 1.80. The van der Waals surface area contributed by atoms with Crippen molar-refractivity contribution < 1.29 is 22.3 Å². The van der Waals surface area contributed by atoms with Gasteiger partial charge < -0.3 is 19.2 Å². The van der Waals surface area contributed by atoms with Crippen LogP contribution in [0.3, 0.4) is 0 Å². The van der Waals surface area contributed by atoms with Crippen molar-refractivity contribution in [1.82, 2.24) is 10.0 Å². The van der Waals surface area contributed by atoms with Crippen LogP contribution in [0.4, 0.5) is 0 Å². The molecule has 0 radical (unpaired) electrons. The lowest BCUT2D eigenvalue weighted by Gasteiger charge is -2.14. The molecule has 122 valence electrons. The van der Waals surface area contributed by atoms with Crippen molar-refractivity contribution in [2.45, 2.75) is 31.4 Å². The molecule has 1 unspecified atom stereocenters. The maximum absolute atomic E-state index is 12.3. The fourth-order valence-corrected chi connectivity index (χ4v) is 3.07. The number of methoxy groups -OCH3 is 2. The summed E-state index contributed by atoms with van der Waals surface area (Å²) >= 11 is 0. The standard InChI is InChI=1S/C13H24N2O5S/c1-5-14-7-11-6-13(10(2)20-11)21(16,17)15-8-12(19-4)9-18-3/h6,12,14-15H,5,7-9H2,1-4H3. The zero-order valence-electron chi connectivity index (χ0n) is 12.9. The quantitative estimate of drug-likeness (QED) is 0.657. The highest BCUT2D eigenvalue weighted by Gasteiger charge is 2.22. The van der Waals surface area contributed by atoms with Crippen LogP contribution >= 0.6 is 0 Å².